The van der Waals surface area contributed by atoms with Crippen molar-refractivity contribution in [2.24, 2.45) is 10.8 Å². The zero-order valence-corrected chi connectivity index (χ0v) is 13.2. The number of nitrogens with two attached hydrogens (primary N) is 1. The summed E-state index contributed by atoms with van der Waals surface area (Å²) in [6.45, 7) is 0. The number of hydrazone groups is 1. The van der Waals surface area contributed by atoms with Crippen LogP contribution in [0.3, 0.4) is 0 Å². The molecule has 6 nitrogen and oxygen atoms in total. The van der Waals surface area contributed by atoms with Gasteiger partial charge in [-0.25, -0.2) is 8.78 Å². The zero-order chi connectivity index (χ0) is 20.2. The van der Waals surface area contributed by atoms with E-state index in [2.05, 4.69) is 10.5 Å². The van der Waals surface area contributed by atoms with Crippen molar-refractivity contribution in [1.29, 1.82) is 10.7 Å². The second kappa shape index (κ2) is 7.69. The van der Waals surface area contributed by atoms with E-state index in [0.717, 1.165) is 0 Å². The van der Waals surface area contributed by atoms with Crippen molar-refractivity contribution in [2.75, 3.05) is 5.43 Å². The molecule has 0 saturated carbocycles. The van der Waals surface area contributed by atoms with Crippen LogP contribution in [0.15, 0.2) is 41.5 Å². The largest absolute Gasteiger partial charge is 0.451 e. The highest BCUT2D eigenvalue weighted by atomic mass is 19.4. The molecule has 0 aliphatic rings. The number of benzene rings is 2. The monoisotopic (exact) mass is 383 g/mol. The van der Waals surface area contributed by atoms with Crippen molar-refractivity contribution in [2.45, 2.75) is 6.18 Å². The first-order valence-corrected chi connectivity index (χ1v) is 7.04. The van der Waals surface area contributed by atoms with E-state index in [-0.39, 0.29) is 23.6 Å². The van der Waals surface area contributed by atoms with E-state index in [1.165, 1.54) is 24.3 Å². The van der Waals surface area contributed by atoms with Gasteiger partial charge in [-0.2, -0.15) is 23.5 Å². The SMILES string of the molecule is N#C/C(=N\Nc1cccc(Oc2c(F)cc(C(F)(F)F)cc2F)c1)C(=N)N. The Morgan fingerprint density at radius 2 is 1.81 bits per heavy atom. The molecular weight excluding hydrogens is 373 g/mol. The number of alkyl halides is 3. The molecule has 0 spiro atoms. The van der Waals surface area contributed by atoms with Crippen LogP contribution in [0.25, 0.3) is 0 Å². The van der Waals surface area contributed by atoms with E-state index in [1.807, 2.05) is 0 Å². The molecule has 0 heterocycles. The number of ether oxygens (including phenoxy) is 1. The minimum absolute atomic E-state index is 0.117. The smallest absolute Gasteiger partial charge is 0.416 e. The second-order valence-electron chi connectivity index (χ2n) is 4.99. The van der Waals surface area contributed by atoms with Crippen molar-refractivity contribution >= 4 is 17.2 Å². The van der Waals surface area contributed by atoms with Crippen LogP contribution < -0.4 is 15.9 Å². The van der Waals surface area contributed by atoms with Crippen LogP contribution in [0.1, 0.15) is 5.56 Å². The van der Waals surface area contributed by atoms with Crippen molar-refractivity contribution < 1.29 is 26.7 Å². The zero-order valence-electron chi connectivity index (χ0n) is 13.2. The molecule has 0 amide bonds. The number of amidine groups is 1. The Morgan fingerprint density at radius 1 is 1.19 bits per heavy atom. The molecule has 0 radical (unpaired) electrons. The summed E-state index contributed by atoms with van der Waals surface area (Å²) in [4.78, 5) is 0. The number of rotatable bonds is 5. The summed E-state index contributed by atoms with van der Waals surface area (Å²) in [6.07, 6.45) is -4.91. The number of hydrogen-bond donors (Lipinski definition) is 3. The van der Waals surface area contributed by atoms with Gasteiger partial charge in [-0.3, -0.25) is 10.8 Å². The number of anilines is 1. The summed E-state index contributed by atoms with van der Waals surface area (Å²) in [5.74, 6) is -4.75. The Hall–Kier alpha value is -3.68. The van der Waals surface area contributed by atoms with Gasteiger partial charge >= 0.3 is 6.18 Å². The van der Waals surface area contributed by atoms with Crippen molar-refractivity contribution in [1.82, 2.24) is 0 Å². The lowest BCUT2D eigenvalue weighted by molar-refractivity contribution is -0.138. The molecule has 2 aromatic rings. The predicted molar refractivity (Wildman–Crippen MR) is 86.5 cm³/mol. The third-order valence-corrected chi connectivity index (χ3v) is 3.04. The van der Waals surface area contributed by atoms with E-state index in [0.29, 0.717) is 0 Å². The van der Waals surface area contributed by atoms with Gasteiger partial charge in [0.25, 0.3) is 0 Å². The Kier molecular flexibility index (Phi) is 5.60. The van der Waals surface area contributed by atoms with Crippen LogP contribution in [-0.4, -0.2) is 11.5 Å². The standard InChI is InChI=1S/C16H10F5N5O/c17-11-4-8(16(19,20)21)5-12(18)14(11)27-10-3-1-2-9(6-10)25-26-13(7-22)15(23)24/h1-6,25H,(H3,23,24)/b26-13+. The topological polar surface area (TPSA) is 107 Å². The van der Waals surface area contributed by atoms with Gasteiger partial charge in [0, 0.05) is 6.07 Å². The Bertz CT molecular complexity index is 926. The average Bonchev–Trinajstić information content (AvgIpc) is 2.57. The third kappa shape index (κ3) is 4.91. The lowest BCUT2D eigenvalue weighted by atomic mass is 10.2. The van der Waals surface area contributed by atoms with Crippen molar-refractivity contribution in [3.63, 3.8) is 0 Å². The lowest BCUT2D eigenvalue weighted by Gasteiger charge is -2.12. The first-order valence-electron chi connectivity index (χ1n) is 7.04. The molecule has 0 bridgehead atoms. The molecule has 140 valence electrons. The highest BCUT2D eigenvalue weighted by molar-refractivity contribution is 6.45. The van der Waals surface area contributed by atoms with Gasteiger partial charge in [0.05, 0.1) is 11.3 Å². The molecule has 0 aliphatic carbocycles. The van der Waals surface area contributed by atoms with Gasteiger partial charge in [0.1, 0.15) is 11.8 Å². The molecule has 0 saturated heterocycles. The lowest BCUT2D eigenvalue weighted by Crippen LogP contribution is -2.21. The molecule has 0 unspecified atom stereocenters. The molecular formula is C16H10F5N5O. The molecule has 0 fully saturated rings. The molecule has 0 atom stereocenters. The fourth-order valence-corrected chi connectivity index (χ4v) is 1.83. The number of nitriles is 1. The van der Waals surface area contributed by atoms with Crippen LogP contribution in [0.4, 0.5) is 27.6 Å². The molecule has 4 N–H and O–H groups in total. The van der Waals surface area contributed by atoms with E-state index in [4.69, 9.17) is 21.1 Å². The van der Waals surface area contributed by atoms with Crippen LogP contribution in [0.5, 0.6) is 11.5 Å². The predicted octanol–water partition coefficient (Wildman–Crippen LogP) is 4.00. The van der Waals surface area contributed by atoms with Gasteiger partial charge in [0.15, 0.2) is 23.2 Å². The summed E-state index contributed by atoms with van der Waals surface area (Å²) in [5.41, 5.74) is 5.83. The van der Waals surface area contributed by atoms with Gasteiger partial charge in [-0.1, -0.05) is 6.07 Å². The molecule has 2 aromatic carbocycles. The number of halogens is 5. The Morgan fingerprint density at radius 3 is 2.33 bits per heavy atom. The first kappa shape index (κ1) is 19.6. The second-order valence-corrected chi connectivity index (χ2v) is 4.99. The highest BCUT2D eigenvalue weighted by Gasteiger charge is 2.33. The summed E-state index contributed by atoms with van der Waals surface area (Å²) in [7, 11) is 0. The molecule has 0 aliphatic heterocycles. The van der Waals surface area contributed by atoms with E-state index in [9.17, 15) is 22.0 Å². The van der Waals surface area contributed by atoms with Gasteiger partial charge in [0.2, 0.25) is 5.71 Å². The number of hydrogen-bond acceptors (Lipinski definition) is 5. The molecule has 27 heavy (non-hydrogen) atoms. The van der Waals surface area contributed by atoms with E-state index >= 15 is 0 Å². The van der Waals surface area contributed by atoms with E-state index in [1.54, 1.807) is 6.07 Å². The van der Waals surface area contributed by atoms with Crippen molar-refractivity contribution in [3.8, 4) is 17.6 Å². The summed E-state index contributed by atoms with van der Waals surface area (Å²) in [5, 5.41) is 19.4. The van der Waals surface area contributed by atoms with Crippen LogP contribution in [0.2, 0.25) is 0 Å². The van der Waals surface area contributed by atoms with Crippen molar-refractivity contribution in [3.05, 3.63) is 53.6 Å². The Labute approximate surface area is 149 Å². The van der Waals surface area contributed by atoms with Crippen LogP contribution in [0, 0.1) is 28.4 Å². The van der Waals surface area contributed by atoms with Crippen LogP contribution in [-0.2, 0) is 6.18 Å². The fourth-order valence-electron chi connectivity index (χ4n) is 1.83. The first-order chi connectivity index (χ1) is 12.6. The van der Waals surface area contributed by atoms with Gasteiger partial charge in [-0.05, 0) is 24.3 Å². The maximum atomic E-state index is 13.8. The summed E-state index contributed by atoms with van der Waals surface area (Å²) < 4.78 is 70.3. The quantitative estimate of drug-likeness (QED) is 0.314. The van der Waals surface area contributed by atoms with Gasteiger partial charge in [-0.15, -0.1) is 0 Å². The molecule has 2 rings (SSSR count). The van der Waals surface area contributed by atoms with E-state index < -0.39 is 40.7 Å². The summed E-state index contributed by atoms with van der Waals surface area (Å²) >= 11 is 0. The third-order valence-electron chi connectivity index (χ3n) is 3.04. The minimum atomic E-state index is -4.91. The summed E-state index contributed by atoms with van der Waals surface area (Å²) in [6, 6.07) is 7.17. The normalized spacial score (nSPS) is 11.6. The molecule has 11 heteroatoms. The molecule has 0 aromatic heterocycles. The highest BCUT2D eigenvalue weighted by Crippen LogP contribution is 2.35. The Balaban J connectivity index is 2.27. The van der Waals surface area contributed by atoms with Crippen LogP contribution >= 0.6 is 0 Å². The maximum absolute atomic E-state index is 13.8. The van der Waals surface area contributed by atoms with Gasteiger partial charge < -0.3 is 10.5 Å². The maximum Gasteiger partial charge on any atom is 0.416 e. The fraction of sp³-hybridized carbons (Fsp3) is 0.0625. The number of nitrogens with zero attached hydrogens (tertiary/aromatic N) is 2. The average molecular weight is 383 g/mol. The number of nitrogens with one attached hydrogen (secondary N) is 2. The minimum Gasteiger partial charge on any atom is -0.451 e.